The standard InChI is InChI=1S/C15H25NO/c1-7-16-14(15(4,5)17-6)13-9-8-11(2)10-12(13)3/h8-10,14,16H,7H2,1-6H3. The average Bonchev–Trinajstić information content (AvgIpc) is 2.27. The number of hydrogen-bond donors (Lipinski definition) is 1. The second-order valence-electron chi connectivity index (χ2n) is 5.16. The van der Waals surface area contributed by atoms with E-state index in [2.05, 4.69) is 58.1 Å². The highest BCUT2D eigenvalue weighted by Crippen LogP contribution is 2.30. The second-order valence-corrected chi connectivity index (χ2v) is 5.16. The highest BCUT2D eigenvalue weighted by Gasteiger charge is 2.30. The molecule has 0 saturated carbocycles. The van der Waals surface area contributed by atoms with E-state index < -0.39 is 0 Å². The smallest absolute Gasteiger partial charge is 0.0816 e. The van der Waals surface area contributed by atoms with Crippen molar-refractivity contribution in [3.8, 4) is 0 Å². The Morgan fingerprint density at radius 3 is 2.41 bits per heavy atom. The first-order chi connectivity index (χ1) is 7.92. The summed E-state index contributed by atoms with van der Waals surface area (Å²) in [5, 5.41) is 3.53. The van der Waals surface area contributed by atoms with Gasteiger partial charge in [-0.05, 0) is 45.4 Å². The van der Waals surface area contributed by atoms with E-state index in [1.165, 1.54) is 16.7 Å². The van der Waals surface area contributed by atoms with Gasteiger partial charge in [0, 0.05) is 7.11 Å². The van der Waals surface area contributed by atoms with E-state index in [-0.39, 0.29) is 11.6 Å². The summed E-state index contributed by atoms with van der Waals surface area (Å²) >= 11 is 0. The van der Waals surface area contributed by atoms with Gasteiger partial charge >= 0.3 is 0 Å². The van der Waals surface area contributed by atoms with Gasteiger partial charge < -0.3 is 10.1 Å². The van der Waals surface area contributed by atoms with Gasteiger partial charge in [0.1, 0.15) is 0 Å². The number of nitrogens with one attached hydrogen (secondary N) is 1. The third kappa shape index (κ3) is 3.30. The Morgan fingerprint density at radius 1 is 1.29 bits per heavy atom. The number of methoxy groups -OCH3 is 1. The van der Waals surface area contributed by atoms with Gasteiger partial charge in [-0.25, -0.2) is 0 Å². The fraction of sp³-hybridized carbons (Fsp3) is 0.600. The van der Waals surface area contributed by atoms with E-state index >= 15 is 0 Å². The quantitative estimate of drug-likeness (QED) is 0.844. The second kappa shape index (κ2) is 5.65. The molecule has 1 unspecified atom stereocenters. The molecule has 1 N–H and O–H groups in total. The normalized spacial score (nSPS) is 13.8. The topological polar surface area (TPSA) is 21.3 Å². The van der Waals surface area contributed by atoms with Crippen LogP contribution >= 0.6 is 0 Å². The molecule has 0 aliphatic rings. The third-order valence-corrected chi connectivity index (χ3v) is 3.37. The predicted molar refractivity (Wildman–Crippen MR) is 73.4 cm³/mol. The van der Waals surface area contributed by atoms with E-state index in [0.29, 0.717) is 0 Å². The number of likely N-dealkylation sites (N-methyl/N-ethyl adjacent to an activating group) is 1. The summed E-state index contributed by atoms with van der Waals surface area (Å²) in [6.45, 7) is 11.6. The lowest BCUT2D eigenvalue weighted by molar-refractivity contribution is -0.0108. The molecule has 1 aromatic carbocycles. The molecular formula is C15H25NO. The maximum atomic E-state index is 5.63. The summed E-state index contributed by atoms with van der Waals surface area (Å²) < 4.78 is 5.63. The number of rotatable bonds is 5. The van der Waals surface area contributed by atoms with Crippen molar-refractivity contribution >= 4 is 0 Å². The van der Waals surface area contributed by atoms with Crippen LogP contribution in [0.5, 0.6) is 0 Å². The average molecular weight is 235 g/mol. The first-order valence-corrected chi connectivity index (χ1v) is 6.28. The van der Waals surface area contributed by atoms with Crippen LogP contribution in [-0.2, 0) is 4.74 Å². The van der Waals surface area contributed by atoms with Crippen molar-refractivity contribution in [2.75, 3.05) is 13.7 Å². The molecule has 0 amide bonds. The zero-order valence-electron chi connectivity index (χ0n) is 11.9. The molecule has 17 heavy (non-hydrogen) atoms. The van der Waals surface area contributed by atoms with Gasteiger partial charge in [-0.2, -0.15) is 0 Å². The van der Waals surface area contributed by atoms with Gasteiger partial charge in [0.25, 0.3) is 0 Å². The van der Waals surface area contributed by atoms with E-state index in [1.54, 1.807) is 7.11 Å². The molecule has 0 aliphatic carbocycles. The van der Waals surface area contributed by atoms with Gasteiger partial charge in [-0.3, -0.25) is 0 Å². The van der Waals surface area contributed by atoms with Crippen LogP contribution in [0.2, 0.25) is 0 Å². The minimum Gasteiger partial charge on any atom is -0.377 e. The van der Waals surface area contributed by atoms with Gasteiger partial charge in [0.2, 0.25) is 0 Å². The van der Waals surface area contributed by atoms with Crippen LogP contribution in [0.4, 0.5) is 0 Å². The zero-order valence-corrected chi connectivity index (χ0v) is 11.9. The van der Waals surface area contributed by atoms with Crippen molar-refractivity contribution < 1.29 is 4.74 Å². The Morgan fingerprint density at radius 2 is 1.94 bits per heavy atom. The molecule has 0 fully saturated rings. The Bertz CT molecular complexity index is 371. The van der Waals surface area contributed by atoms with Gasteiger partial charge in [0.15, 0.2) is 0 Å². The molecule has 0 heterocycles. The molecule has 96 valence electrons. The molecule has 1 rings (SSSR count). The largest absolute Gasteiger partial charge is 0.377 e. The monoisotopic (exact) mass is 235 g/mol. The van der Waals surface area contributed by atoms with E-state index in [1.807, 2.05) is 0 Å². The molecule has 1 aromatic rings. The highest BCUT2D eigenvalue weighted by atomic mass is 16.5. The van der Waals surface area contributed by atoms with Crippen molar-refractivity contribution in [2.24, 2.45) is 0 Å². The van der Waals surface area contributed by atoms with Crippen LogP contribution in [0.3, 0.4) is 0 Å². The Kier molecular flexibility index (Phi) is 4.72. The summed E-state index contributed by atoms with van der Waals surface area (Å²) in [7, 11) is 1.77. The molecule has 0 aliphatic heterocycles. The van der Waals surface area contributed by atoms with Crippen LogP contribution < -0.4 is 5.32 Å². The Hall–Kier alpha value is -0.860. The zero-order chi connectivity index (χ0) is 13.1. The first kappa shape index (κ1) is 14.2. The van der Waals surface area contributed by atoms with Crippen LogP contribution in [0.15, 0.2) is 18.2 Å². The number of ether oxygens (including phenoxy) is 1. The van der Waals surface area contributed by atoms with E-state index in [4.69, 9.17) is 4.74 Å². The fourth-order valence-electron chi connectivity index (χ4n) is 2.20. The molecule has 0 aromatic heterocycles. The van der Waals surface area contributed by atoms with Gasteiger partial charge in [-0.15, -0.1) is 0 Å². The Labute approximate surface area is 105 Å². The Balaban J connectivity index is 3.14. The van der Waals surface area contributed by atoms with Crippen molar-refractivity contribution in [1.82, 2.24) is 5.32 Å². The molecule has 0 saturated heterocycles. The first-order valence-electron chi connectivity index (χ1n) is 6.28. The predicted octanol–water partition coefficient (Wildman–Crippen LogP) is 3.38. The van der Waals surface area contributed by atoms with Gasteiger partial charge in [-0.1, -0.05) is 30.7 Å². The summed E-state index contributed by atoms with van der Waals surface area (Å²) in [6, 6.07) is 6.82. The van der Waals surface area contributed by atoms with Gasteiger partial charge in [0.05, 0.1) is 11.6 Å². The molecule has 1 atom stereocenters. The van der Waals surface area contributed by atoms with Crippen LogP contribution in [0, 0.1) is 13.8 Å². The lowest BCUT2D eigenvalue weighted by Crippen LogP contribution is -2.41. The molecular weight excluding hydrogens is 210 g/mol. The van der Waals surface area contributed by atoms with Crippen molar-refractivity contribution in [1.29, 1.82) is 0 Å². The molecule has 0 bridgehead atoms. The van der Waals surface area contributed by atoms with Crippen LogP contribution in [0.25, 0.3) is 0 Å². The van der Waals surface area contributed by atoms with Crippen molar-refractivity contribution in [3.63, 3.8) is 0 Å². The lowest BCUT2D eigenvalue weighted by Gasteiger charge is -2.35. The number of benzene rings is 1. The maximum Gasteiger partial charge on any atom is 0.0816 e. The molecule has 2 heteroatoms. The highest BCUT2D eigenvalue weighted by molar-refractivity contribution is 5.34. The lowest BCUT2D eigenvalue weighted by atomic mass is 9.88. The van der Waals surface area contributed by atoms with Crippen LogP contribution in [0.1, 0.15) is 43.5 Å². The molecule has 0 radical (unpaired) electrons. The summed E-state index contributed by atoms with van der Waals surface area (Å²) in [5.41, 5.74) is 3.73. The van der Waals surface area contributed by atoms with E-state index in [9.17, 15) is 0 Å². The molecule has 0 spiro atoms. The molecule has 2 nitrogen and oxygen atoms in total. The third-order valence-electron chi connectivity index (χ3n) is 3.37. The SMILES string of the molecule is CCNC(c1ccc(C)cc1C)C(C)(C)OC. The summed E-state index contributed by atoms with van der Waals surface area (Å²) in [5.74, 6) is 0. The summed E-state index contributed by atoms with van der Waals surface area (Å²) in [6.07, 6.45) is 0. The fourth-order valence-corrected chi connectivity index (χ4v) is 2.20. The van der Waals surface area contributed by atoms with Crippen molar-refractivity contribution in [3.05, 3.63) is 34.9 Å². The van der Waals surface area contributed by atoms with Crippen molar-refractivity contribution in [2.45, 2.75) is 46.3 Å². The van der Waals surface area contributed by atoms with E-state index in [0.717, 1.165) is 6.54 Å². The minimum atomic E-state index is -0.212. The van der Waals surface area contributed by atoms with Crippen LogP contribution in [-0.4, -0.2) is 19.3 Å². The number of aryl methyl sites for hydroxylation is 2. The minimum absolute atomic E-state index is 0.212. The summed E-state index contributed by atoms with van der Waals surface area (Å²) in [4.78, 5) is 0. The number of hydrogen-bond acceptors (Lipinski definition) is 2. The maximum absolute atomic E-state index is 5.63.